The maximum absolute atomic E-state index is 9.23. The quantitative estimate of drug-likeness (QED) is 0.435. The largest absolute Gasteiger partial charge is 0.417 e. The number of fused-ring (bicyclic) bond motifs is 1. The highest BCUT2D eigenvalue weighted by molar-refractivity contribution is 5.99. The summed E-state index contributed by atoms with van der Waals surface area (Å²) in [6.07, 6.45) is 3.54. The van der Waals surface area contributed by atoms with Crippen LogP contribution in [0.3, 0.4) is 0 Å². The van der Waals surface area contributed by atoms with Crippen LogP contribution in [0.2, 0.25) is 0 Å². The Hall–Kier alpha value is -3.85. The number of nitriles is 1. The van der Waals surface area contributed by atoms with Gasteiger partial charge in [-0.15, -0.1) is 0 Å². The SMILES string of the molecule is N#Cc1nc(-c2ccccc2)oc1N/N=C/c1c[nH]c2ccccc12. The van der Waals surface area contributed by atoms with Gasteiger partial charge in [0.15, 0.2) is 0 Å². The van der Waals surface area contributed by atoms with E-state index in [0.717, 1.165) is 22.0 Å². The number of para-hydroxylation sites is 1. The van der Waals surface area contributed by atoms with Crippen molar-refractivity contribution >= 4 is 23.0 Å². The fraction of sp³-hybridized carbons (Fsp3) is 0. The third-order valence-corrected chi connectivity index (χ3v) is 3.74. The molecule has 0 amide bonds. The molecule has 0 fully saturated rings. The zero-order valence-electron chi connectivity index (χ0n) is 13.1. The number of hydrogen-bond donors (Lipinski definition) is 2. The van der Waals surface area contributed by atoms with Gasteiger partial charge in [0.05, 0.1) is 6.21 Å². The van der Waals surface area contributed by atoms with Crippen LogP contribution in [-0.4, -0.2) is 16.2 Å². The van der Waals surface area contributed by atoms with Crippen molar-refractivity contribution in [2.75, 3.05) is 5.43 Å². The molecule has 6 heteroatoms. The van der Waals surface area contributed by atoms with Gasteiger partial charge in [0.1, 0.15) is 6.07 Å². The number of nitrogens with one attached hydrogen (secondary N) is 2. The molecule has 0 saturated carbocycles. The first-order valence-corrected chi connectivity index (χ1v) is 7.66. The monoisotopic (exact) mass is 327 g/mol. The minimum atomic E-state index is 0.162. The molecular weight excluding hydrogens is 314 g/mol. The van der Waals surface area contributed by atoms with E-state index in [9.17, 15) is 5.26 Å². The van der Waals surface area contributed by atoms with Crippen LogP contribution < -0.4 is 5.43 Å². The Bertz CT molecular complexity index is 1090. The number of hydrazone groups is 1. The third kappa shape index (κ3) is 2.86. The molecule has 2 aromatic heterocycles. The van der Waals surface area contributed by atoms with E-state index in [0.29, 0.717) is 5.89 Å². The van der Waals surface area contributed by atoms with Crippen molar-refractivity contribution in [3.05, 3.63) is 72.1 Å². The van der Waals surface area contributed by atoms with Crippen molar-refractivity contribution in [1.82, 2.24) is 9.97 Å². The minimum absolute atomic E-state index is 0.162. The molecule has 0 aliphatic rings. The first kappa shape index (κ1) is 14.7. The summed E-state index contributed by atoms with van der Waals surface area (Å²) >= 11 is 0. The van der Waals surface area contributed by atoms with E-state index < -0.39 is 0 Å². The first-order chi connectivity index (χ1) is 12.3. The Labute approximate surface area is 143 Å². The van der Waals surface area contributed by atoms with Gasteiger partial charge in [-0.2, -0.15) is 15.3 Å². The van der Waals surface area contributed by atoms with Crippen molar-refractivity contribution < 1.29 is 4.42 Å². The molecule has 0 bridgehead atoms. The van der Waals surface area contributed by atoms with Crippen LogP contribution in [0.1, 0.15) is 11.3 Å². The molecule has 0 spiro atoms. The molecule has 4 aromatic rings. The zero-order chi connectivity index (χ0) is 17.1. The summed E-state index contributed by atoms with van der Waals surface area (Å²) in [5, 5.41) is 14.5. The number of oxazole rings is 1. The van der Waals surface area contributed by atoms with E-state index in [1.54, 1.807) is 6.21 Å². The number of aromatic nitrogens is 2. The molecular formula is C19H13N5O. The molecule has 4 rings (SSSR count). The predicted octanol–water partition coefficient (Wildman–Crippen LogP) is 4.14. The van der Waals surface area contributed by atoms with Crippen LogP contribution in [0, 0.1) is 11.3 Å². The van der Waals surface area contributed by atoms with Gasteiger partial charge in [-0.05, 0) is 18.2 Å². The average molecular weight is 327 g/mol. The summed E-state index contributed by atoms with van der Waals surface area (Å²) in [5.74, 6) is 0.597. The van der Waals surface area contributed by atoms with Gasteiger partial charge in [-0.25, -0.2) is 5.43 Å². The van der Waals surface area contributed by atoms with Crippen molar-refractivity contribution in [3.8, 4) is 17.5 Å². The molecule has 2 aromatic carbocycles. The first-order valence-electron chi connectivity index (χ1n) is 7.66. The van der Waals surface area contributed by atoms with E-state index in [1.807, 2.05) is 66.9 Å². The maximum Gasteiger partial charge on any atom is 0.252 e. The highest BCUT2D eigenvalue weighted by atomic mass is 16.4. The van der Waals surface area contributed by atoms with E-state index >= 15 is 0 Å². The van der Waals surface area contributed by atoms with Gasteiger partial charge in [0.25, 0.3) is 5.88 Å². The molecule has 0 atom stereocenters. The molecule has 0 aliphatic carbocycles. The van der Waals surface area contributed by atoms with Crippen LogP contribution >= 0.6 is 0 Å². The van der Waals surface area contributed by atoms with E-state index in [1.165, 1.54) is 0 Å². The number of rotatable bonds is 4. The predicted molar refractivity (Wildman–Crippen MR) is 96.2 cm³/mol. The Morgan fingerprint density at radius 2 is 1.92 bits per heavy atom. The lowest BCUT2D eigenvalue weighted by Gasteiger charge is -1.95. The van der Waals surface area contributed by atoms with E-state index in [4.69, 9.17) is 4.42 Å². The van der Waals surface area contributed by atoms with Crippen molar-refractivity contribution in [2.45, 2.75) is 0 Å². The lowest BCUT2D eigenvalue weighted by molar-refractivity contribution is 0.587. The normalized spacial score (nSPS) is 11.0. The van der Waals surface area contributed by atoms with Crippen LogP contribution in [-0.2, 0) is 0 Å². The molecule has 0 saturated heterocycles. The topological polar surface area (TPSA) is 90.0 Å². The molecule has 120 valence electrons. The summed E-state index contributed by atoms with van der Waals surface area (Å²) in [4.78, 5) is 7.37. The smallest absolute Gasteiger partial charge is 0.252 e. The number of nitrogens with zero attached hydrogens (tertiary/aromatic N) is 3. The van der Waals surface area contributed by atoms with Gasteiger partial charge in [0, 0.05) is 28.2 Å². The number of H-pyrrole nitrogens is 1. The Morgan fingerprint density at radius 1 is 1.12 bits per heavy atom. The summed E-state index contributed by atoms with van der Waals surface area (Å²) in [6, 6.07) is 19.4. The molecule has 0 aliphatic heterocycles. The number of hydrogen-bond acceptors (Lipinski definition) is 5. The average Bonchev–Trinajstić information content (AvgIpc) is 3.27. The minimum Gasteiger partial charge on any atom is -0.417 e. The van der Waals surface area contributed by atoms with Crippen LogP contribution in [0.5, 0.6) is 0 Å². The van der Waals surface area contributed by atoms with Gasteiger partial charge in [0.2, 0.25) is 11.6 Å². The lowest BCUT2D eigenvalue weighted by atomic mass is 10.2. The fourth-order valence-corrected chi connectivity index (χ4v) is 2.54. The van der Waals surface area contributed by atoms with Gasteiger partial charge in [-0.3, -0.25) is 0 Å². The Balaban J connectivity index is 1.59. The van der Waals surface area contributed by atoms with E-state index in [2.05, 4.69) is 20.5 Å². The number of benzene rings is 2. The molecule has 6 nitrogen and oxygen atoms in total. The number of aromatic amines is 1. The van der Waals surface area contributed by atoms with Crippen LogP contribution in [0.15, 0.2) is 70.3 Å². The summed E-state index contributed by atoms with van der Waals surface area (Å²) in [7, 11) is 0. The second kappa shape index (κ2) is 6.34. The molecule has 0 radical (unpaired) electrons. The Kier molecular flexibility index (Phi) is 3.73. The Morgan fingerprint density at radius 3 is 2.76 bits per heavy atom. The third-order valence-electron chi connectivity index (χ3n) is 3.74. The van der Waals surface area contributed by atoms with Crippen molar-refractivity contribution in [3.63, 3.8) is 0 Å². The highest BCUT2D eigenvalue weighted by Gasteiger charge is 2.13. The molecule has 25 heavy (non-hydrogen) atoms. The van der Waals surface area contributed by atoms with Gasteiger partial charge < -0.3 is 9.40 Å². The summed E-state index contributed by atoms with van der Waals surface area (Å²) in [6.45, 7) is 0. The lowest BCUT2D eigenvalue weighted by Crippen LogP contribution is -1.91. The summed E-state index contributed by atoms with van der Waals surface area (Å²) < 4.78 is 5.63. The second-order valence-corrected chi connectivity index (χ2v) is 5.33. The summed E-state index contributed by atoms with van der Waals surface area (Å²) in [5.41, 5.74) is 5.69. The fourth-order valence-electron chi connectivity index (χ4n) is 2.54. The zero-order valence-corrected chi connectivity index (χ0v) is 13.1. The van der Waals surface area contributed by atoms with Gasteiger partial charge >= 0.3 is 0 Å². The molecule has 0 unspecified atom stereocenters. The second-order valence-electron chi connectivity index (χ2n) is 5.33. The van der Waals surface area contributed by atoms with E-state index in [-0.39, 0.29) is 11.6 Å². The van der Waals surface area contributed by atoms with Crippen LogP contribution in [0.4, 0.5) is 5.88 Å². The maximum atomic E-state index is 9.23. The standard InChI is InChI=1S/C19H13N5O/c20-10-17-19(25-18(23-17)13-6-2-1-3-7-13)24-22-12-14-11-21-16-9-5-4-8-15(14)16/h1-9,11-12,21,24H/b22-12+. The molecule has 2 N–H and O–H groups in total. The van der Waals surface area contributed by atoms with Crippen molar-refractivity contribution in [2.24, 2.45) is 5.10 Å². The van der Waals surface area contributed by atoms with Crippen molar-refractivity contribution in [1.29, 1.82) is 5.26 Å². The van der Waals surface area contributed by atoms with Crippen LogP contribution in [0.25, 0.3) is 22.4 Å². The molecule has 2 heterocycles. The van der Waals surface area contributed by atoms with Gasteiger partial charge in [-0.1, -0.05) is 36.4 Å². The highest BCUT2D eigenvalue weighted by Crippen LogP contribution is 2.25. The number of anilines is 1.